The fourth-order valence-electron chi connectivity index (χ4n) is 1.07. The third-order valence-corrected chi connectivity index (χ3v) is 1.76. The Morgan fingerprint density at radius 3 is 2.39 bits per heavy atom. The first-order valence-corrected chi connectivity index (χ1v) is 4.19. The summed E-state index contributed by atoms with van der Waals surface area (Å²) < 4.78 is 64.1. The van der Waals surface area contributed by atoms with E-state index in [9.17, 15) is 26.7 Å². The minimum atomic E-state index is -5.28. The van der Waals surface area contributed by atoms with E-state index in [-0.39, 0.29) is 0 Å². The zero-order valence-corrected chi connectivity index (χ0v) is 8.33. The van der Waals surface area contributed by atoms with Crippen LogP contribution in [0.3, 0.4) is 0 Å². The summed E-state index contributed by atoms with van der Waals surface area (Å²) in [7, 11) is 0. The van der Waals surface area contributed by atoms with Crippen molar-refractivity contribution in [3.63, 3.8) is 0 Å². The lowest BCUT2D eigenvalue weighted by atomic mass is 10.2. The van der Waals surface area contributed by atoms with E-state index in [0.29, 0.717) is 6.20 Å². The highest BCUT2D eigenvalue weighted by Gasteiger charge is 2.36. The minimum Gasteiger partial charge on any atom is -0.476 e. The number of carboxylic acid groups (broad SMARTS) is 1. The molecule has 0 aliphatic carbocycles. The number of carboxylic acids is 1. The second-order valence-corrected chi connectivity index (χ2v) is 2.96. The first-order valence-electron chi connectivity index (χ1n) is 4.19. The van der Waals surface area contributed by atoms with Gasteiger partial charge in [-0.15, -0.1) is 13.2 Å². The first-order chi connectivity index (χ1) is 8.13. The average Bonchev–Trinajstić information content (AvgIpc) is 2.17. The Bertz CT molecular complexity index is 475. The van der Waals surface area contributed by atoms with Gasteiger partial charge < -0.3 is 15.6 Å². The average molecular weight is 272 g/mol. The summed E-state index contributed by atoms with van der Waals surface area (Å²) in [6.45, 7) is 0. The molecule has 0 bridgehead atoms. The molecule has 0 amide bonds. The number of aromatic nitrogens is 1. The Balaban J connectivity index is 3.41. The maximum atomic E-state index is 12.4. The number of aromatic carboxylic acids is 1. The molecule has 0 aliphatic rings. The number of nitrogen functional groups attached to an aromatic ring is 1. The lowest BCUT2D eigenvalue weighted by Gasteiger charge is -2.15. The molecule has 0 fully saturated rings. The van der Waals surface area contributed by atoms with Crippen LogP contribution in [0.4, 0.5) is 27.6 Å². The molecule has 0 spiro atoms. The number of hydrogen-bond donors (Lipinski definition) is 2. The third kappa shape index (κ3) is 2.96. The lowest BCUT2D eigenvalue weighted by molar-refractivity contribution is -0.274. The van der Waals surface area contributed by atoms with Crippen molar-refractivity contribution >= 4 is 11.7 Å². The highest BCUT2D eigenvalue weighted by molar-refractivity contribution is 5.91. The Labute approximate surface area is 96.0 Å². The van der Waals surface area contributed by atoms with Crippen LogP contribution in [-0.2, 0) is 0 Å². The predicted octanol–water partition coefficient (Wildman–Crippen LogP) is 2.20. The molecule has 0 aliphatic heterocycles. The van der Waals surface area contributed by atoms with Crippen molar-refractivity contribution in [2.24, 2.45) is 0 Å². The number of nitrogens with zero attached hydrogens (tertiary/aromatic N) is 1. The van der Waals surface area contributed by atoms with Gasteiger partial charge in [-0.2, -0.15) is 0 Å². The van der Waals surface area contributed by atoms with Crippen molar-refractivity contribution in [3.05, 3.63) is 17.5 Å². The molecule has 1 aromatic heterocycles. The van der Waals surface area contributed by atoms with E-state index in [4.69, 9.17) is 10.8 Å². The van der Waals surface area contributed by atoms with Gasteiger partial charge in [0.25, 0.3) is 6.43 Å². The number of nitrogens with two attached hydrogens (primary N) is 1. The third-order valence-electron chi connectivity index (χ3n) is 1.76. The summed E-state index contributed by atoms with van der Waals surface area (Å²) in [5.41, 5.74) is 1.66. The van der Waals surface area contributed by atoms with E-state index in [0.717, 1.165) is 0 Å². The molecular formula is C8H5F5N2O3. The normalized spacial score (nSPS) is 11.7. The van der Waals surface area contributed by atoms with Gasteiger partial charge in [0.15, 0.2) is 11.4 Å². The minimum absolute atomic E-state index is 0.382. The van der Waals surface area contributed by atoms with E-state index in [1.807, 2.05) is 0 Å². The molecule has 0 saturated heterocycles. The number of halogens is 5. The second kappa shape index (κ2) is 4.63. The topological polar surface area (TPSA) is 85.4 Å². The number of hydrogen-bond acceptors (Lipinski definition) is 4. The summed E-state index contributed by atoms with van der Waals surface area (Å²) >= 11 is 0. The SMILES string of the molecule is Nc1c(C(F)F)cnc(C(=O)O)c1OC(F)(F)F. The molecule has 5 nitrogen and oxygen atoms in total. The van der Waals surface area contributed by atoms with Crippen molar-refractivity contribution in [2.45, 2.75) is 12.8 Å². The van der Waals surface area contributed by atoms with Crippen LogP contribution in [0.2, 0.25) is 0 Å². The lowest BCUT2D eigenvalue weighted by Crippen LogP contribution is -2.21. The van der Waals surface area contributed by atoms with Crippen molar-refractivity contribution in [1.82, 2.24) is 4.98 Å². The van der Waals surface area contributed by atoms with Gasteiger partial charge in [0.2, 0.25) is 0 Å². The number of alkyl halides is 5. The van der Waals surface area contributed by atoms with E-state index in [1.54, 1.807) is 0 Å². The molecule has 3 N–H and O–H groups in total. The number of carbonyl (C=O) groups is 1. The van der Waals surface area contributed by atoms with Crippen molar-refractivity contribution in [2.75, 3.05) is 5.73 Å². The Morgan fingerprint density at radius 1 is 1.44 bits per heavy atom. The maximum Gasteiger partial charge on any atom is 0.573 e. The second-order valence-electron chi connectivity index (χ2n) is 2.96. The summed E-state index contributed by atoms with van der Waals surface area (Å²) in [6, 6.07) is 0. The van der Waals surface area contributed by atoms with Gasteiger partial charge in [-0.1, -0.05) is 0 Å². The number of anilines is 1. The molecule has 1 rings (SSSR count). The first kappa shape index (κ1) is 13.9. The Hall–Kier alpha value is -2.13. The van der Waals surface area contributed by atoms with Crippen molar-refractivity contribution in [3.8, 4) is 5.75 Å². The monoisotopic (exact) mass is 272 g/mol. The Kier molecular flexibility index (Phi) is 3.58. The highest BCUT2D eigenvalue weighted by atomic mass is 19.4. The van der Waals surface area contributed by atoms with E-state index in [1.165, 1.54) is 0 Å². The van der Waals surface area contributed by atoms with Crippen LogP contribution in [0.15, 0.2) is 6.20 Å². The van der Waals surface area contributed by atoms with Gasteiger partial charge in [0.1, 0.15) is 0 Å². The standard InChI is InChI=1S/C8H5F5N2O3/c9-6(10)2-1-15-4(7(16)17)5(3(2)14)18-8(11,12)13/h1,6H,(H2,14,15)(H,16,17). The smallest absolute Gasteiger partial charge is 0.476 e. The number of ether oxygens (including phenoxy) is 1. The van der Waals surface area contributed by atoms with Gasteiger partial charge in [-0.25, -0.2) is 18.6 Å². The van der Waals surface area contributed by atoms with Crippen LogP contribution in [0.25, 0.3) is 0 Å². The van der Waals surface area contributed by atoms with Gasteiger partial charge >= 0.3 is 12.3 Å². The summed E-state index contributed by atoms with van der Waals surface area (Å²) in [5.74, 6) is -3.34. The molecule has 0 radical (unpaired) electrons. The predicted molar refractivity (Wildman–Crippen MR) is 47.2 cm³/mol. The molecule has 1 aromatic rings. The van der Waals surface area contributed by atoms with Crippen LogP contribution < -0.4 is 10.5 Å². The van der Waals surface area contributed by atoms with Gasteiger partial charge in [0.05, 0.1) is 11.3 Å². The van der Waals surface area contributed by atoms with E-state index < -0.39 is 41.5 Å². The molecule has 100 valence electrons. The number of pyridine rings is 1. The zero-order chi connectivity index (χ0) is 14.1. The number of rotatable bonds is 3. The summed E-state index contributed by atoms with van der Waals surface area (Å²) in [5, 5.41) is 8.56. The van der Waals surface area contributed by atoms with Gasteiger partial charge in [0, 0.05) is 6.20 Å². The van der Waals surface area contributed by atoms with Gasteiger partial charge in [-0.05, 0) is 0 Å². The molecule has 10 heteroatoms. The zero-order valence-electron chi connectivity index (χ0n) is 8.33. The Morgan fingerprint density at radius 2 is 2.00 bits per heavy atom. The maximum absolute atomic E-state index is 12.4. The molecular weight excluding hydrogens is 267 g/mol. The summed E-state index contributed by atoms with van der Waals surface area (Å²) in [6.07, 6.45) is -8.11. The molecule has 0 unspecified atom stereocenters. The quantitative estimate of drug-likeness (QED) is 0.824. The largest absolute Gasteiger partial charge is 0.573 e. The van der Waals surface area contributed by atoms with Crippen molar-refractivity contribution in [1.29, 1.82) is 0 Å². The molecule has 0 atom stereocenters. The van der Waals surface area contributed by atoms with Crippen molar-refractivity contribution < 1.29 is 36.6 Å². The van der Waals surface area contributed by atoms with Gasteiger partial charge in [-0.3, -0.25) is 0 Å². The fourth-order valence-corrected chi connectivity index (χ4v) is 1.07. The van der Waals surface area contributed by atoms with Crippen LogP contribution >= 0.6 is 0 Å². The molecule has 1 heterocycles. The van der Waals surface area contributed by atoms with E-state index in [2.05, 4.69) is 9.72 Å². The fraction of sp³-hybridized carbons (Fsp3) is 0.250. The molecule has 0 aromatic carbocycles. The van der Waals surface area contributed by atoms with Crippen LogP contribution in [0, 0.1) is 0 Å². The van der Waals surface area contributed by atoms with Crippen LogP contribution in [0.5, 0.6) is 5.75 Å². The molecule has 0 saturated carbocycles. The summed E-state index contributed by atoms with van der Waals surface area (Å²) in [4.78, 5) is 13.5. The van der Waals surface area contributed by atoms with Crippen LogP contribution in [0.1, 0.15) is 22.5 Å². The molecule has 18 heavy (non-hydrogen) atoms. The highest BCUT2D eigenvalue weighted by Crippen LogP contribution is 2.36. The van der Waals surface area contributed by atoms with E-state index >= 15 is 0 Å². The van der Waals surface area contributed by atoms with Crippen LogP contribution in [-0.4, -0.2) is 22.4 Å².